The Bertz CT molecular complexity index is 1350. The molecule has 0 atom stereocenters. The molecule has 2 aromatic carbocycles. The van der Waals surface area contributed by atoms with Gasteiger partial charge in [0.2, 0.25) is 11.8 Å². The summed E-state index contributed by atoms with van der Waals surface area (Å²) in [5.74, 6) is -0.522. The maximum absolute atomic E-state index is 12.4. The Balaban J connectivity index is 0.000000302. The van der Waals surface area contributed by atoms with Crippen LogP contribution in [0.2, 0.25) is 0 Å². The Hall–Kier alpha value is -4.36. The van der Waals surface area contributed by atoms with E-state index >= 15 is 0 Å². The molecule has 0 aliphatic heterocycles. The largest absolute Gasteiger partial charge is 0.332 e. The molecule has 1 aromatic heterocycles. The molecule has 0 saturated carbocycles. The van der Waals surface area contributed by atoms with E-state index in [-0.39, 0.29) is 22.5 Å². The zero-order valence-corrected chi connectivity index (χ0v) is 21.9. The molecule has 0 aliphatic carbocycles. The number of anilines is 2. The molecule has 0 bridgehead atoms. The van der Waals surface area contributed by atoms with Crippen LogP contribution < -0.4 is 21.7 Å². The number of aryl methyl sites for hydroxylation is 1. The molecule has 0 unspecified atom stereocenters. The molecule has 212 valence electrons. The second kappa shape index (κ2) is 14.5. The van der Waals surface area contributed by atoms with Gasteiger partial charge in [0.05, 0.1) is 21.2 Å². The summed E-state index contributed by atoms with van der Waals surface area (Å²) in [4.78, 5) is 29.3. The summed E-state index contributed by atoms with van der Waals surface area (Å²) < 4.78 is 87.2. The summed E-state index contributed by atoms with van der Waals surface area (Å²) in [5.41, 5.74) is 10.6. The minimum Gasteiger partial charge on any atom is -0.299 e. The van der Waals surface area contributed by atoms with Crippen LogP contribution in [0, 0.1) is 19.1 Å². The number of amides is 2. The summed E-state index contributed by atoms with van der Waals surface area (Å²) >= 11 is 0. The monoisotopic (exact) mass is 593 g/mol. The van der Waals surface area contributed by atoms with Crippen molar-refractivity contribution in [3.05, 3.63) is 66.5 Å². The number of nitrogens with zero attached hydrogens (tertiary/aromatic N) is 3. The van der Waals surface area contributed by atoms with Gasteiger partial charge in [0.25, 0.3) is 10.1 Å². The average molecular weight is 594 g/mol. The smallest absolute Gasteiger partial charge is 0.299 e. The predicted octanol–water partition coefficient (Wildman–Crippen LogP) is 1.66. The predicted molar refractivity (Wildman–Crippen MR) is 130 cm³/mol. The first-order chi connectivity index (χ1) is 18.0. The second-order valence-electron chi connectivity index (χ2n) is 6.99. The van der Waals surface area contributed by atoms with Crippen molar-refractivity contribution in [1.82, 2.24) is 25.8 Å². The third-order valence-electron chi connectivity index (χ3n) is 3.75. The molecule has 0 aliphatic rings. The van der Waals surface area contributed by atoms with Gasteiger partial charge in [0.1, 0.15) is 5.82 Å². The van der Waals surface area contributed by atoms with Crippen LogP contribution in [0.15, 0.2) is 58.3 Å². The lowest BCUT2D eigenvalue weighted by atomic mass is 10.3. The number of carbonyl (C=O) groups is 2. The van der Waals surface area contributed by atoms with Crippen LogP contribution in [0.5, 0.6) is 0 Å². The van der Waals surface area contributed by atoms with E-state index < -0.39 is 37.4 Å². The van der Waals surface area contributed by atoms with Gasteiger partial charge >= 0.3 is 22.4 Å². The zero-order chi connectivity index (χ0) is 29.8. The van der Waals surface area contributed by atoms with E-state index in [1.165, 1.54) is 57.2 Å². The lowest BCUT2D eigenvalue weighted by Gasteiger charge is -2.06. The number of benzene rings is 2. The molecule has 19 heteroatoms. The summed E-state index contributed by atoms with van der Waals surface area (Å²) in [6.07, 6.45) is -2.17. The van der Waals surface area contributed by atoms with Gasteiger partial charge < -0.3 is 0 Å². The minimum absolute atomic E-state index is 0.0417. The molecule has 0 saturated heterocycles. The molecule has 0 spiro atoms. The van der Waals surface area contributed by atoms with Gasteiger partial charge in [-0.3, -0.25) is 35.8 Å². The van der Waals surface area contributed by atoms with Crippen molar-refractivity contribution in [2.24, 2.45) is 0 Å². The number of carbonyl (C=O) groups excluding carboxylic acids is 2. The highest BCUT2D eigenvalue weighted by molar-refractivity contribution is 7.86. The number of halogens is 3. The molecule has 2 amide bonds. The molecule has 3 rings (SSSR count). The van der Waals surface area contributed by atoms with Gasteiger partial charge in [0.15, 0.2) is 0 Å². The number of nitrogens with one attached hydrogen (secondary N) is 4. The molecule has 0 radical (unpaired) electrons. The molecular formula is C20H22F3N7O7S2. The van der Waals surface area contributed by atoms with Gasteiger partial charge in [-0.25, -0.2) is 0 Å². The van der Waals surface area contributed by atoms with Crippen molar-refractivity contribution in [3.8, 4) is 0 Å². The second-order valence-corrected chi connectivity index (χ2v) is 9.76. The van der Waals surface area contributed by atoms with Crippen molar-refractivity contribution >= 4 is 43.5 Å². The first-order valence-corrected chi connectivity index (χ1v) is 13.0. The van der Waals surface area contributed by atoms with Crippen LogP contribution in [0.25, 0.3) is 0 Å². The van der Waals surface area contributed by atoms with Crippen molar-refractivity contribution in [1.29, 1.82) is 0 Å². The van der Waals surface area contributed by atoms with E-state index in [0.29, 0.717) is 11.4 Å². The van der Waals surface area contributed by atoms with Crippen molar-refractivity contribution < 1.29 is 43.6 Å². The van der Waals surface area contributed by atoms with E-state index in [1.807, 2.05) is 0 Å². The highest BCUT2D eigenvalue weighted by atomic mass is 32.3. The van der Waals surface area contributed by atoms with Gasteiger partial charge in [-0.05, 0) is 55.5 Å². The van der Waals surface area contributed by atoms with Crippen molar-refractivity contribution in [3.63, 3.8) is 0 Å². The quantitative estimate of drug-likeness (QED) is 0.157. The lowest BCUT2D eigenvalue weighted by molar-refractivity contribution is -0.119. The van der Waals surface area contributed by atoms with Gasteiger partial charge in [-0.2, -0.15) is 40.6 Å². The summed E-state index contributed by atoms with van der Waals surface area (Å²) in [6.45, 7) is 4.03. The molecule has 3 aromatic rings. The van der Waals surface area contributed by atoms with Crippen LogP contribution in [-0.4, -0.2) is 48.2 Å². The normalized spacial score (nSPS) is 10.5. The van der Waals surface area contributed by atoms with Gasteiger partial charge in [-0.1, -0.05) is 0 Å². The summed E-state index contributed by atoms with van der Waals surface area (Å²) in [7, 11) is -8.83. The topological polar surface area (TPSA) is 209 Å². The Morgan fingerprint density at radius 1 is 0.718 bits per heavy atom. The first-order valence-electron chi connectivity index (χ1n) is 10.2. The molecule has 39 heavy (non-hydrogen) atoms. The number of hydrogen-bond acceptors (Lipinski definition) is 11. The van der Waals surface area contributed by atoms with E-state index in [4.69, 9.17) is 4.55 Å². The van der Waals surface area contributed by atoms with E-state index in [9.17, 15) is 39.1 Å². The number of hydrogen-bond donors (Lipinski definition) is 5. The van der Waals surface area contributed by atoms with Crippen molar-refractivity contribution in [2.45, 2.75) is 30.6 Å². The Labute approximate surface area is 221 Å². The maximum atomic E-state index is 12.4. The lowest BCUT2D eigenvalue weighted by Crippen LogP contribution is -2.26. The van der Waals surface area contributed by atoms with Crippen LogP contribution >= 0.6 is 0 Å². The van der Waals surface area contributed by atoms with E-state index in [1.54, 1.807) is 0 Å². The van der Waals surface area contributed by atoms with Gasteiger partial charge in [0, 0.05) is 13.8 Å². The summed E-state index contributed by atoms with van der Waals surface area (Å²) in [6, 6.07) is 10.1. The average Bonchev–Trinajstić information content (AvgIpc) is 2.81. The minimum atomic E-state index is -4.67. The standard InChI is InChI=1S/C8H9FN2O3S.C8H10N2O4S.C4H3F2N3/c1-6(12)10-11-7-2-4-8(5-3-7)15(9,13)14;1-6(11)9-10-7-2-4-8(5-3-7)15(12,13)14;1-2-7-3(5)9-4(6)8-2/h2-5,11H,1H3,(H,10,12);2-5,10H,1H3,(H,9,11)(H,12,13,14);1H3. The molecule has 0 fully saturated rings. The SMILES string of the molecule is CC(=O)NNc1ccc(S(=O)(=O)F)cc1.CC(=O)NNc1ccc(S(=O)(=O)O)cc1.Cc1nc(F)nc(F)n1. The molecule has 5 N–H and O–H groups in total. The van der Waals surface area contributed by atoms with Gasteiger partial charge in [-0.15, -0.1) is 3.89 Å². The third-order valence-corrected chi connectivity index (χ3v) is 5.45. The highest BCUT2D eigenvalue weighted by Crippen LogP contribution is 2.15. The van der Waals surface area contributed by atoms with Crippen molar-refractivity contribution in [2.75, 3.05) is 10.9 Å². The fourth-order valence-electron chi connectivity index (χ4n) is 2.15. The Morgan fingerprint density at radius 2 is 1.08 bits per heavy atom. The first kappa shape index (κ1) is 32.7. The zero-order valence-electron chi connectivity index (χ0n) is 20.3. The molecule has 1 heterocycles. The van der Waals surface area contributed by atoms with Crippen LogP contribution in [-0.2, 0) is 29.9 Å². The van der Waals surface area contributed by atoms with Crippen LogP contribution in [0.1, 0.15) is 19.7 Å². The number of hydrazine groups is 2. The van der Waals surface area contributed by atoms with E-state index in [0.717, 1.165) is 12.1 Å². The number of rotatable bonds is 6. The number of aromatic nitrogens is 3. The third kappa shape index (κ3) is 13.7. The Morgan fingerprint density at radius 3 is 1.36 bits per heavy atom. The molecular weight excluding hydrogens is 571 g/mol. The molecule has 14 nitrogen and oxygen atoms in total. The fourth-order valence-corrected chi connectivity index (χ4v) is 3.09. The highest BCUT2D eigenvalue weighted by Gasteiger charge is 2.10. The summed E-state index contributed by atoms with van der Waals surface area (Å²) in [5, 5.41) is 0. The van der Waals surface area contributed by atoms with E-state index in [2.05, 4.69) is 36.7 Å². The Kier molecular flexibility index (Phi) is 12.2. The van der Waals surface area contributed by atoms with Crippen LogP contribution in [0.4, 0.5) is 24.0 Å². The maximum Gasteiger partial charge on any atom is 0.332 e. The van der Waals surface area contributed by atoms with Crippen LogP contribution in [0.3, 0.4) is 0 Å². The fraction of sp³-hybridized carbons (Fsp3) is 0.150.